The van der Waals surface area contributed by atoms with Gasteiger partial charge in [-0.1, -0.05) is 19.3 Å². The normalized spacial score (nSPS) is 24.2. The first-order valence-corrected chi connectivity index (χ1v) is 6.11. The van der Waals surface area contributed by atoms with Gasteiger partial charge in [0, 0.05) is 12.7 Å². The largest absolute Gasteiger partial charge is 0.347 e. The standard InChI is InChI=1S/C11H19N5/c1-9-12-7-10(14-9)16-11(8-13-15-16)5-3-2-4-6-11/h7,13,15H,2-6,8H2,1H3,(H,12,14). The number of hydrogen-bond acceptors (Lipinski definition) is 4. The average Bonchev–Trinajstić information content (AvgIpc) is 2.87. The molecule has 2 aliphatic rings. The van der Waals surface area contributed by atoms with Gasteiger partial charge in [0.05, 0.1) is 5.54 Å². The first-order valence-electron chi connectivity index (χ1n) is 6.11. The summed E-state index contributed by atoms with van der Waals surface area (Å²) in [7, 11) is 0. The van der Waals surface area contributed by atoms with Crippen LogP contribution in [0.5, 0.6) is 0 Å². The Bertz CT molecular complexity index is 366. The molecule has 2 fully saturated rings. The third-order valence-electron chi connectivity index (χ3n) is 3.79. The number of imidazole rings is 1. The maximum absolute atomic E-state index is 4.51. The molecule has 5 nitrogen and oxygen atoms in total. The Kier molecular flexibility index (Phi) is 2.37. The van der Waals surface area contributed by atoms with E-state index in [1.807, 2.05) is 13.1 Å². The number of hydrazine groups is 2. The second-order valence-electron chi connectivity index (χ2n) is 4.93. The van der Waals surface area contributed by atoms with Crippen LogP contribution >= 0.6 is 0 Å². The molecular formula is C11H19N5. The van der Waals surface area contributed by atoms with Gasteiger partial charge in [0.15, 0.2) is 5.82 Å². The Balaban J connectivity index is 1.88. The van der Waals surface area contributed by atoms with Gasteiger partial charge in [-0.15, -0.1) is 0 Å². The molecule has 1 saturated carbocycles. The smallest absolute Gasteiger partial charge is 0.162 e. The summed E-state index contributed by atoms with van der Waals surface area (Å²) in [6.07, 6.45) is 8.49. The van der Waals surface area contributed by atoms with Crippen molar-refractivity contribution in [3.63, 3.8) is 0 Å². The SMILES string of the molecule is Cc1nc(N2NNCC23CCCCC3)c[nH]1. The van der Waals surface area contributed by atoms with Gasteiger partial charge in [0.1, 0.15) is 5.82 Å². The highest BCUT2D eigenvalue weighted by Gasteiger charge is 2.43. The third-order valence-corrected chi connectivity index (χ3v) is 3.79. The first kappa shape index (κ1) is 10.1. The first-order chi connectivity index (χ1) is 7.80. The van der Waals surface area contributed by atoms with Gasteiger partial charge < -0.3 is 4.98 Å². The van der Waals surface area contributed by atoms with Crippen LogP contribution in [0.1, 0.15) is 37.9 Å². The van der Waals surface area contributed by atoms with E-state index in [4.69, 9.17) is 0 Å². The summed E-state index contributed by atoms with van der Waals surface area (Å²) in [5, 5.41) is 2.22. The Labute approximate surface area is 95.6 Å². The fourth-order valence-electron chi connectivity index (χ4n) is 2.91. The zero-order valence-electron chi connectivity index (χ0n) is 9.71. The minimum Gasteiger partial charge on any atom is -0.347 e. The molecular weight excluding hydrogens is 202 g/mol. The van der Waals surface area contributed by atoms with E-state index >= 15 is 0 Å². The van der Waals surface area contributed by atoms with Crippen LogP contribution in [0.3, 0.4) is 0 Å². The van der Waals surface area contributed by atoms with Crippen molar-refractivity contribution in [2.24, 2.45) is 0 Å². The molecule has 1 spiro atoms. The minimum atomic E-state index is 0.236. The monoisotopic (exact) mass is 221 g/mol. The lowest BCUT2D eigenvalue weighted by Crippen LogP contribution is -2.51. The van der Waals surface area contributed by atoms with Crippen molar-refractivity contribution in [3.05, 3.63) is 12.0 Å². The van der Waals surface area contributed by atoms with E-state index in [9.17, 15) is 0 Å². The van der Waals surface area contributed by atoms with Crippen LogP contribution in [0.4, 0.5) is 5.82 Å². The molecule has 1 aliphatic heterocycles. The van der Waals surface area contributed by atoms with Gasteiger partial charge in [-0.25, -0.2) is 10.4 Å². The second kappa shape index (κ2) is 3.75. The highest BCUT2D eigenvalue weighted by molar-refractivity contribution is 5.41. The number of H-pyrrole nitrogens is 1. The molecule has 3 N–H and O–H groups in total. The molecule has 0 radical (unpaired) electrons. The number of nitrogens with zero attached hydrogens (tertiary/aromatic N) is 2. The Morgan fingerprint density at radius 1 is 1.31 bits per heavy atom. The van der Waals surface area contributed by atoms with Crippen LogP contribution < -0.4 is 16.0 Å². The van der Waals surface area contributed by atoms with Crippen molar-refractivity contribution in [2.45, 2.75) is 44.6 Å². The van der Waals surface area contributed by atoms with Crippen LogP contribution in [-0.2, 0) is 0 Å². The fraction of sp³-hybridized carbons (Fsp3) is 0.727. The van der Waals surface area contributed by atoms with E-state index in [1.165, 1.54) is 32.1 Å². The van der Waals surface area contributed by atoms with Gasteiger partial charge in [-0.05, 0) is 19.8 Å². The maximum atomic E-state index is 4.51. The molecule has 88 valence electrons. The zero-order valence-corrected chi connectivity index (χ0v) is 9.71. The van der Waals surface area contributed by atoms with Crippen LogP contribution in [0.2, 0.25) is 0 Å². The lowest BCUT2D eigenvalue weighted by molar-refractivity contribution is 0.306. The predicted molar refractivity (Wildman–Crippen MR) is 62.8 cm³/mol. The van der Waals surface area contributed by atoms with Crippen molar-refractivity contribution in [3.8, 4) is 0 Å². The fourth-order valence-corrected chi connectivity index (χ4v) is 2.91. The van der Waals surface area contributed by atoms with E-state index in [0.717, 1.165) is 18.2 Å². The molecule has 2 heterocycles. The molecule has 1 aliphatic carbocycles. The number of aromatic amines is 1. The minimum absolute atomic E-state index is 0.236. The molecule has 0 unspecified atom stereocenters. The van der Waals surface area contributed by atoms with E-state index in [0.29, 0.717) is 0 Å². The van der Waals surface area contributed by atoms with Crippen LogP contribution in [0.25, 0.3) is 0 Å². The number of anilines is 1. The molecule has 0 atom stereocenters. The number of aryl methyl sites for hydroxylation is 1. The lowest BCUT2D eigenvalue weighted by atomic mass is 9.81. The highest BCUT2D eigenvalue weighted by Crippen LogP contribution is 2.36. The Morgan fingerprint density at radius 2 is 2.12 bits per heavy atom. The van der Waals surface area contributed by atoms with E-state index < -0.39 is 0 Å². The molecule has 16 heavy (non-hydrogen) atoms. The third kappa shape index (κ3) is 1.51. The zero-order chi connectivity index (χ0) is 11.0. The predicted octanol–water partition coefficient (Wildman–Crippen LogP) is 1.25. The van der Waals surface area contributed by atoms with Gasteiger partial charge in [0.25, 0.3) is 0 Å². The quantitative estimate of drug-likeness (QED) is 0.668. The van der Waals surface area contributed by atoms with Crippen LogP contribution in [-0.4, -0.2) is 22.1 Å². The molecule has 5 heteroatoms. The van der Waals surface area contributed by atoms with Crippen LogP contribution in [0.15, 0.2) is 6.20 Å². The summed E-state index contributed by atoms with van der Waals surface area (Å²) in [5.74, 6) is 1.97. The van der Waals surface area contributed by atoms with Crippen molar-refractivity contribution in [1.82, 2.24) is 20.9 Å². The average molecular weight is 221 g/mol. The Morgan fingerprint density at radius 3 is 2.81 bits per heavy atom. The summed E-state index contributed by atoms with van der Waals surface area (Å²) in [5.41, 5.74) is 6.75. The van der Waals surface area contributed by atoms with Crippen molar-refractivity contribution in [2.75, 3.05) is 11.6 Å². The maximum Gasteiger partial charge on any atom is 0.162 e. The molecule has 3 rings (SSSR count). The van der Waals surface area contributed by atoms with E-state index in [2.05, 4.69) is 25.9 Å². The highest BCUT2D eigenvalue weighted by atomic mass is 15.8. The number of rotatable bonds is 1. The van der Waals surface area contributed by atoms with Gasteiger partial charge in [-0.2, -0.15) is 5.53 Å². The van der Waals surface area contributed by atoms with E-state index in [1.54, 1.807) is 0 Å². The Hall–Kier alpha value is -1.07. The summed E-state index contributed by atoms with van der Waals surface area (Å²) in [6, 6.07) is 0. The van der Waals surface area contributed by atoms with Crippen molar-refractivity contribution >= 4 is 5.82 Å². The van der Waals surface area contributed by atoms with Crippen LogP contribution in [0, 0.1) is 6.92 Å². The topological polar surface area (TPSA) is 56.0 Å². The van der Waals surface area contributed by atoms with Gasteiger partial charge in [-0.3, -0.25) is 5.01 Å². The summed E-state index contributed by atoms with van der Waals surface area (Å²) in [4.78, 5) is 7.66. The van der Waals surface area contributed by atoms with Crippen molar-refractivity contribution < 1.29 is 0 Å². The lowest BCUT2D eigenvalue weighted by Gasteiger charge is -2.39. The van der Waals surface area contributed by atoms with Gasteiger partial charge >= 0.3 is 0 Å². The van der Waals surface area contributed by atoms with Gasteiger partial charge in [0.2, 0.25) is 0 Å². The summed E-state index contributed by atoms with van der Waals surface area (Å²) >= 11 is 0. The van der Waals surface area contributed by atoms with E-state index in [-0.39, 0.29) is 5.54 Å². The molecule has 1 aromatic rings. The molecule has 1 saturated heterocycles. The summed E-state index contributed by atoms with van der Waals surface area (Å²) in [6.45, 7) is 3.00. The molecule has 1 aromatic heterocycles. The molecule has 0 bridgehead atoms. The summed E-state index contributed by atoms with van der Waals surface area (Å²) < 4.78 is 0. The van der Waals surface area contributed by atoms with Crippen molar-refractivity contribution in [1.29, 1.82) is 0 Å². The number of aromatic nitrogens is 2. The molecule has 0 aromatic carbocycles. The molecule has 0 amide bonds. The number of nitrogens with one attached hydrogen (secondary N) is 3. The number of hydrogen-bond donors (Lipinski definition) is 3. The second-order valence-corrected chi connectivity index (χ2v) is 4.93.